The number of alkyl halides is 2. The molecule has 4 nitrogen and oxygen atoms in total. The van der Waals surface area contributed by atoms with Crippen molar-refractivity contribution in [2.45, 2.75) is 12.8 Å². The molecule has 0 aliphatic heterocycles. The Morgan fingerprint density at radius 3 is 2.76 bits per heavy atom. The normalized spacial score (nSPS) is 11.3. The van der Waals surface area contributed by atoms with Crippen molar-refractivity contribution in [3.05, 3.63) is 47.5 Å². The quantitative estimate of drug-likeness (QED) is 0.569. The highest BCUT2D eigenvalue weighted by Gasteiger charge is 2.26. The van der Waals surface area contributed by atoms with E-state index in [9.17, 15) is 8.78 Å². The van der Waals surface area contributed by atoms with Gasteiger partial charge in [0.1, 0.15) is 10.8 Å². The predicted octanol–water partition coefficient (Wildman–Crippen LogP) is 4.79. The van der Waals surface area contributed by atoms with Gasteiger partial charge in [0.15, 0.2) is 0 Å². The first-order valence-electron chi connectivity index (χ1n) is 5.76. The number of halogens is 4. The molecule has 0 aliphatic carbocycles. The number of hydrogen-bond donors (Lipinski definition) is 1. The van der Waals surface area contributed by atoms with Crippen LogP contribution in [0.3, 0.4) is 0 Å². The Labute approximate surface area is 138 Å². The molecule has 2 rings (SSSR count). The third-order valence-electron chi connectivity index (χ3n) is 2.51. The number of anilines is 2. The summed E-state index contributed by atoms with van der Waals surface area (Å²) in [5.41, 5.74) is 0.873. The lowest BCUT2D eigenvalue weighted by atomic mass is 10.2. The molecule has 0 aromatic carbocycles. The molecule has 0 amide bonds. The minimum atomic E-state index is -3.04. The van der Waals surface area contributed by atoms with Gasteiger partial charge in [0.05, 0.1) is 5.69 Å². The second kappa shape index (κ2) is 6.18. The number of rotatable bonds is 4. The number of pyridine rings is 1. The van der Waals surface area contributed by atoms with Crippen LogP contribution in [0.5, 0.6) is 0 Å². The fraction of sp³-hybridized carbons (Fsp3) is 0.154. The van der Waals surface area contributed by atoms with Crippen molar-refractivity contribution in [1.82, 2.24) is 15.0 Å². The number of aromatic nitrogens is 3. The van der Waals surface area contributed by atoms with Crippen LogP contribution >= 0.6 is 34.2 Å². The van der Waals surface area contributed by atoms with Gasteiger partial charge in [-0.05, 0) is 34.7 Å². The summed E-state index contributed by atoms with van der Waals surface area (Å²) in [5.74, 6) is -2.99. The maximum Gasteiger partial charge on any atom is 0.287 e. The molecule has 2 heterocycles. The monoisotopic (exact) mass is 422 g/mol. The summed E-state index contributed by atoms with van der Waals surface area (Å²) in [5, 5.41) is 3.12. The van der Waals surface area contributed by atoms with E-state index in [1.54, 1.807) is 6.07 Å². The molecule has 8 heteroatoms. The first-order valence-corrected chi connectivity index (χ1v) is 7.22. The summed E-state index contributed by atoms with van der Waals surface area (Å²) >= 11 is 7.88. The molecule has 0 saturated heterocycles. The molecule has 1 N–H and O–H groups in total. The van der Waals surface area contributed by atoms with E-state index < -0.39 is 5.92 Å². The van der Waals surface area contributed by atoms with E-state index in [4.69, 9.17) is 11.6 Å². The second-order valence-corrected chi connectivity index (χ2v) is 5.93. The Kier molecular flexibility index (Phi) is 4.72. The Bertz CT molecular complexity index is 688. The van der Waals surface area contributed by atoms with Gasteiger partial charge in [-0.3, -0.25) is 0 Å². The zero-order valence-electron chi connectivity index (χ0n) is 10.9. The zero-order valence-corrected chi connectivity index (χ0v) is 13.8. The summed E-state index contributed by atoms with van der Waals surface area (Å²) in [6.45, 7) is 4.60. The molecule has 110 valence electrons. The van der Waals surface area contributed by atoms with Gasteiger partial charge in [-0.2, -0.15) is 8.78 Å². The molecule has 0 radical (unpaired) electrons. The van der Waals surface area contributed by atoms with Gasteiger partial charge in [0.2, 0.25) is 5.95 Å². The van der Waals surface area contributed by atoms with Crippen LogP contribution in [0, 0.1) is 0 Å². The second-order valence-electron chi connectivity index (χ2n) is 4.24. The van der Waals surface area contributed by atoms with Crippen LogP contribution in [0.4, 0.5) is 20.4 Å². The molecule has 2 aromatic rings. The summed E-state index contributed by atoms with van der Waals surface area (Å²) in [7, 11) is 0. The van der Waals surface area contributed by atoms with E-state index in [0.29, 0.717) is 11.3 Å². The van der Waals surface area contributed by atoms with Crippen molar-refractivity contribution in [3.8, 4) is 0 Å². The minimum absolute atomic E-state index is 0.0511. The largest absolute Gasteiger partial charge is 0.323 e. The first-order chi connectivity index (χ1) is 9.77. The topological polar surface area (TPSA) is 50.7 Å². The third kappa shape index (κ3) is 4.07. The van der Waals surface area contributed by atoms with Gasteiger partial charge in [-0.15, -0.1) is 0 Å². The highest BCUT2D eigenvalue weighted by molar-refractivity contribution is 14.1. The van der Waals surface area contributed by atoms with E-state index in [2.05, 4.69) is 26.8 Å². The number of hydrogen-bond acceptors (Lipinski definition) is 4. The van der Waals surface area contributed by atoms with Gasteiger partial charge in [-0.25, -0.2) is 15.0 Å². The van der Waals surface area contributed by atoms with Crippen molar-refractivity contribution in [1.29, 1.82) is 0 Å². The molecule has 0 bridgehead atoms. The molecule has 21 heavy (non-hydrogen) atoms. The molecule has 0 atom stereocenters. The van der Waals surface area contributed by atoms with Crippen molar-refractivity contribution in [2.75, 3.05) is 5.32 Å². The zero-order chi connectivity index (χ0) is 15.6. The molecule has 0 fully saturated rings. The lowest BCUT2D eigenvalue weighted by molar-refractivity contribution is 0.0128. The van der Waals surface area contributed by atoms with Crippen LogP contribution in [-0.4, -0.2) is 15.0 Å². The average Bonchev–Trinajstić information content (AvgIpc) is 2.37. The van der Waals surface area contributed by atoms with Crippen molar-refractivity contribution in [2.24, 2.45) is 0 Å². The van der Waals surface area contributed by atoms with Gasteiger partial charge >= 0.3 is 0 Å². The summed E-state index contributed by atoms with van der Waals surface area (Å²) in [6.07, 6.45) is 2.81. The van der Waals surface area contributed by atoms with Crippen molar-refractivity contribution >= 4 is 49.4 Å². The smallest absolute Gasteiger partial charge is 0.287 e. The molecule has 0 saturated carbocycles. The molecule has 0 unspecified atom stereocenters. The summed E-state index contributed by atoms with van der Waals surface area (Å²) in [6, 6.07) is 2.73. The van der Waals surface area contributed by atoms with Crippen LogP contribution in [0.2, 0.25) is 5.15 Å². The molecular weight excluding hydrogens is 413 g/mol. The fourth-order valence-electron chi connectivity index (χ4n) is 1.53. The Hall–Kier alpha value is -1.35. The Morgan fingerprint density at radius 2 is 2.14 bits per heavy atom. The summed E-state index contributed by atoms with van der Waals surface area (Å²) < 4.78 is 27.3. The Morgan fingerprint density at radius 1 is 1.43 bits per heavy atom. The van der Waals surface area contributed by atoms with E-state index in [0.717, 1.165) is 10.5 Å². The fourth-order valence-corrected chi connectivity index (χ4v) is 2.12. The molecule has 0 spiro atoms. The maximum atomic E-state index is 13.3. The van der Waals surface area contributed by atoms with Crippen LogP contribution in [0.15, 0.2) is 31.1 Å². The van der Waals surface area contributed by atoms with Crippen LogP contribution in [-0.2, 0) is 5.92 Å². The summed E-state index contributed by atoms with van der Waals surface area (Å²) in [4.78, 5) is 11.7. The van der Waals surface area contributed by atoms with Crippen LogP contribution in [0.25, 0.3) is 3.58 Å². The van der Waals surface area contributed by atoms with E-state index >= 15 is 0 Å². The maximum absolute atomic E-state index is 13.3. The van der Waals surface area contributed by atoms with Crippen molar-refractivity contribution < 1.29 is 8.78 Å². The van der Waals surface area contributed by atoms with Crippen LogP contribution in [0.1, 0.15) is 18.2 Å². The predicted molar refractivity (Wildman–Crippen MR) is 87.2 cm³/mol. The molecular formula is C13H10ClF2IN4. The number of nitrogens with one attached hydrogen (secondary N) is 1. The van der Waals surface area contributed by atoms with Gasteiger partial charge in [-0.1, -0.05) is 18.2 Å². The minimum Gasteiger partial charge on any atom is -0.323 e. The highest BCUT2D eigenvalue weighted by Crippen LogP contribution is 2.31. The van der Waals surface area contributed by atoms with Gasteiger partial charge in [0.25, 0.3) is 5.92 Å². The average molecular weight is 423 g/mol. The van der Waals surface area contributed by atoms with Crippen molar-refractivity contribution in [3.63, 3.8) is 0 Å². The van der Waals surface area contributed by atoms with E-state index in [-0.39, 0.29) is 16.8 Å². The molecule has 0 aliphatic rings. The van der Waals surface area contributed by atoms with Gasteiger partial charge < -0.3 is 5.32 Å². The lowest BCUT2D eigenvalue weighted by Crippen LogP contribution is -2.11. The van der Waals surface area contributed by atoms with E-state index in [1.165, 1.54) is 18.5 Å². The van der Waals surface area contributed by atoms with Crippen LogP contribution < -0.4 is 5.32 Å². The highest BCUT2D eigenvalue weighted by atomic mass is 127. The molecule has 2 aromatic heterocycles. The Balaban J connectivity index is 2.39. The van der Waals surface area contributed by atoms with E-state index in [1.807, 2.05) is 22.6 Å². The SMILES string of the molecule is C=C(I)c1cnc(Cl)cc1Nc1nccc(C(C)(F)F)n1. The number of nitrogens with zero attached hydrogens (tertiary/aromatic N) is 3. The standard InChI is InChI=1S/C13H10ClF2IN4/c1-7(17)8-6-19-11(14)5-9(8)20-12-18-4-3-10(21-12)13(2,15)16/h3-6H,1H2,2H3,(H,18,19,20,21). The third-order valence-corrected chi connectivity index (χ3v) is 3.30. The lowest BCUT2D eigenvalue weighted by Gasteiger charge is -2.13. The van der Waals surface area contributed by atoms with Gasteiger partial charge in [0, 0.05) is 28.5 Å². The first kappa shape index (κ1) is 16.0.